The molecule has 1 aliphatic rings. The minimum Gasteiger partial charge on any atom is -0.316 e. The van der Waals surface area contributed by atoms with E-state index in [1.165, 1.54) is 110 Å². The second kappa shape index (κ2) is 13.5. The number of hydrogen-bond donors (Lipinski definition) is 0. The van der Waals surface area contributed by atoms with Crippen LogP contribution in [0, 0.1) is 0 Å². The van der Waals surface area contributed by atoms with Gasteiger partial charge in [0.15, 0.2) is 0 Å². The van der Waals surface area contributed by atoms with Gasteiger partial charge < -0.3 is 4.57 Å². The molecule has 12 aromatic rings. The van der Waals surface area contributed by atoms with Crippen LogP contribution in [0.5, 0.6) is 0 Å². The van der Waals surface area contributed by atoms with Crippen molar-refractivity contribution in [2.24, 2.45) is 0 Å². The van der Waals surface area contributed by atoms with Crippen molar-refractivity contribution in [3.63, 3.8) is 0 Å². The highest BCUT2D eigenvalue weighted by Gasteiger charge is 2.46. The van der Waals surface area contributed by atoms with Gasteiger partial charge in [-0.3, -0.25) is 0 Å². The molecule has 1 aliphatic carbocycles. The Morgan fingerprint density at radius 1 is 0.290 bits per heavy atom. The Balaban J connectivity index is 1.11. The lowest BCUT2D eigenvalue weighted by Gasteiger charge is -2.34. The molecule has 0 spiro atoms. The molecule has 0 atom stereocenters. The van der Waals surface area contributed by atoms with Crippen LogP contribution in [0.2, 0.25) is 0 Å². The van der Waals surface area contributed by atoms with Crippen molar-refractivity contribution in [2.45, 2.75) is 5.41 Å². The second-order valence-corrected chi connectivity index (χ2v) is 16.8. The molecule has 0 unspecified atom stereocenters. The van der Waals surface area contributed by atoms with E-state index in [1.54, 1.807) is 0 Å². The van der Waals surface area contributed by atoms with Crippen molar-refractivity contribution in [2.75, 3.05) is 0 Å². The van der Waals surface area contributed by atoms with E-state index in [0.717, 1.165) is 5.69 Å². The molecule has 1 heterocycles. The zero-order valence-electron chi connectivity index (χ0n) is 34.0. The highest BCUT2D eigenvalue weighted by atomic mass is 15.0. The van der Waals surface area contributed by atoms with Gasteiger partial charge in [0.1, 0.15) is 0 Å². The third-order valence-electron chi connectivity index (χ3n) is 13.7. The summed E-state index contributed by atoms with van der Waals surface area (Å²) in [7, 11) is 0. The molecule has 0 fully saturated rings. The largest absolute Gasteiger partial charge is 0.316 e. The molecule has 11 aromatic carbocycles. The maximum atomic E-state index is 2.47. The molecule has 1 heteroatoms. The van der Waals surface area contributed by atoms with Crippen LogP contribution >= 0.6 is 0 Å². The van der Waals surface area contributed by atoms with Gasteiger partial charge in [0.25, 0.3) is 0 Å². The standard InChI is InChI=1S/C61H39N/c1-3-19-43(20-4-1)61(44-21-5-2-6-22-44)58-30-16-15-29-52(58)53-33-32-45(38-59(53)61)62-39-57(55-36-41-18-8-10-24-47(41)49-26-12-14-28-51(49)55)56-37-42(31-34-60(56)62)54-35-40-17-7-9-23-46(40)48-25-11-13-27-50(48)54/h1-39H. The van der Waals surface area contributed by atoms with E-state index in [4.69, 9.17) is 0 Å². The fourth-order valence-corrected chi connectivity index (χ4v) is 11.0. The quantitative estimate of drug-likeness (QED) is 0.153. The molecule has 0 saturated carbocycles. The minimum atomic E-state index is -0.491. The Hall–Kier alpha value is -8.00. The Morgan fingerprint density at radius 2 is 0.806 bits per heavy atom. The fourth-order valence-electron chi connectivity index (χ4n) is 11.0. The molecule has 62 heavy (non-hydrogen) atoms. The van der Waals surface area contributed by atoms with Gasteiger partial charge in [0.05, 0.1) is 10.9 Å². The number of nitrogens with zero attached hydrogens (tertiary/aromatic N) is 1. The van der Waals surface area contributed by atoms with Crippen LogP contribution in [-0.4, -0.2) is 4.57 Å². The molecule has 0 radical (unpaired) electrons. The Bertz CT molecular complexity index is 3700. The van der Waals surface area contributed by atoms with E-state index in [0.29, 0.717) is 0 Å². The summed E-state index contributed by atoms with van der Waals surface area (Å²) in [5.74, 6) is 0. The van der Waals surface area contributed by atoms with Gasteiger partial charge >= 0.3 is 0 Å². The fraction of sp³-hybridized carbons (Fsp3) is 0.0164. The summed E-state index contributed by atoms with van der Waals surface area (Å²) < 4.78 is 2.45. The van der Waals surface area contributed by atoms with Gasteiger partial charge in [-0.25, -0.2) is 0 Å². The lowest BCUT2D eigenvalue weighted by Crippen LogP contribution is -2.28. The maximum absolute atomic E-state index is 2.47. The molecule has 288 valence electrons. The molecule has 1 aromatic heterocycles. The van der Waals surface area contributed by atoms with Crippen LogP contribution in [-0.2, 0) is 5.41 Å². The van der Waals surface area contributed by atoms with E-state index in [-0.39, 0.29) is 0 Å². The van der Waals surface area contributed by atoms with Crippen molar-refractivity contribution < 1.29 is 0 Å². The average molecular weight is 786 g/mol. The predicted octanol–water partition coefficient (Wildman–Crippen LogP) is 15.9. The Morgan fingerprint density at radius 3 is 1.47 bits per heavy atom. The lowest BCUT2D eigenvalue weighted by molar-refractivity contribution is 0.767. The molecule has 0 aliphatic heterocycles. The van der Waals surface area contributed by atoms with Gasteiger partial charge in [-0.1, -0.05) is 194 Å². The number of rotatable bonds is 5. The number of benzene rings is 11. The van der Waals surface area contributed by atoms with E-state index < -0.39 is 5.41 Å². The molecular weight excluding hydrogens is 747 g/mol. The first kappa shape index (κ1) is 34.8. The highest BCUT2D eigenvalue weighted by molar-refractivity contribution is 6.18. The molecule has 0 bridgehead atoms. The highest BCUT2D eigenvalue weighted by Crippen LogP contribution is 2.56. The number of aromatic nitrogens is 1. The molecular formula is C61H39N. The normalized spacial score (nSPS) is 13.0. The predicted molar refractivity (Wildman–Crippen MR) is 261 cm³/mol. The van der Waals surface area contributed by atoms with E-state index in [9.17, 15) is 0 Å². The Kier molecular flexibility index (Phi) is 7.59. The zero-order chi connectivity index (χ0) is 40.8. The summed E-state index contributed by atoms with van der Waals surface area (Å²) >= 11 is 0. The molecule has 1 nitrogen and oxygen atoms in total. The van der Waals surface area contributed by atoms with Crippen LogP contribution in [0.4, 0.5) is 0 Å². The maximum Gasteiger partial charge on any atom is 0.0714 e. The number of hydrogen-bond acceptors (Lipinski definition) is 0. The van der Waals surface area contributed by atoms with Crippen LogP contribution in [0.3, 0.4) is 0 Å². The van der Waals surface area contributed by atoms with Gasteiger partial charge in [0.2, 0.25) is 0 Å². The van der Waals surface area contributed by atoms with Gasteiger partial charge in [0, 0.05) is 22.8 Å². The second-order valence-electron chi connectivity index (χ2n) is 16.8. The topological polar surface area (TPSA) is 4.93 Å². The summed E-state index contributed by atoms with van der Waals surface area (Å²) in [5.41, 5.74) is 14.4. The van der Waals surface area contributed by atoms with E-state index >= 15 is 0 Å². The van der Waals surface area contributed by atoms with Crippen LogP contribution in [0.25, 0.3) is 93.1 Å². The van der Waals surface area contributed by atoms with E-state index in [2.05, 4.69) is 241 Å². The summed E-state index contributed by atoms with van der Waals surface area (Å²) in [6.45, 7) is 0. The summed E-state index contributed by atoms with van der Waals surface area (Å²) in [4.78, 5) is 0. The van der Waals surface area contributed by atoms with E-state index in [1.807, 2.05) is 0 Å². The third-order valence-corrected chi connectivity index (χ3v) is 13.7. The smallest absolute Gasteiger partial charge is 0.0714 e. The SMILES string of the molecule is c1ccc(C2(c3ccccc3)c3ccccc3-c3ccc(-n4cc(-c5cc6ccccc6c6ccccc56)c5cc(-c6cc7ccccc7c7ccccc67)ccc54)cc32)cc1. The van der Waals surface area contributed by atoms with Crippen LogP contribution in [0.15, 0.2) is 237 Å². The first-order valence-corrected chi connectivity index (χ1v) is 21.6. The average Bonchev–Trinajstić information content (AvgIpc) is 3.87. The molecule has 0 saturated heterocycles. The van der Waals surface area contributed by atoms with Crippen molar-refractivity contribution in [3.05, 3.63) is 259 Å². The van der Waals surface area contributed by atoms with Crippen molar-refractivity contribution >= 4 is 54.0 Å². The summed E-state index contributed by atoms with van der Waals surface area (Å²) in [6.07, 6.45) is 2.40. The zero-order valence-corrected chi connectivity index (χ0v) is 34.0. The van der Waals surface area contributed by atoms with Crippen molar-refractivity contribution in [3.8, 4) is 39.1 Å². The summed E-state index contributed by atoms with van der Waals surface area (Å²) in [6, 6.07) is 85.6. The van der Waals surface area contributed by atoms with Crippen LogP contribution < -0.4 is 0 Å². The monoisotopic (exact) mass is 785 g/mol. The minimum absolute atomic E-state index is 0.491. The molecule has 0 amide bonds. The molecule has 0 N–H and O–H groups in total. The third kappa shape index (κ3) is 4.97. The van der Waals surface area contributed by atoms with Crippen LogP contribution in [0.1, 0.15) is 22.3 Å². The van der Waals surface area contributed by atoms with Crippen molar-refractivity contribution in [1.82, 2.24) is 4.57 Å². The summed E-state index contributed by atoms with van der Waals surface area (Å²) in [5, 5.41) is 11.3. The molecule has 13 rings (SSSR count). The van der Waals surface area contributed by atoms with Gasteiger partial charge in [-0.05, 0) is 130 Å². The Labute approximate surface area is 360 Å². The lowest BCUT2D eigenvalue weighted by atomic mass is 9.67. The first-order chi connectivity index (χ1) is 30.8. The number of fused-ring (bicyclic) bond motifs is 10. The van der Waals surface area contributed by atoms with Gasteiger partial charge in [-0.15, -0.1) is 0 Å². The first-order valence-electron chi connectivity index (χ1n) is 21.6. The van der Waals surface area contributed by atoms with Crippen molar-refractivity contribution in [1.29, 1.82) is 0 Å². The van der Waals surface area contributed by atoms with Gasteiger partial charge in [-0.2, -0.15) is 0 Å².